The molecule has 0 spiro atoms. The minimum atomic E-state index is -0.568. The molecule has 0 unspecified atom stereocenters. The molecule has 0 aliphatic rings. The van der Waals surface area contributed by atoms with Crippen molar-refractivity contribution in [3.63, 3.8) is 0 Å². The number of benzene rings is 1. The Morgan fingerprint density at radius 2 is 2.00 bits per heavy atom. The second kappa shape index (κ2) is 7.11. The molecule has 0 radical (unpaired) electrons. The van der Waals surface area contributed by atoms with E-state index in [9.17, 15) is 9.59 Å². The van der Waals surface area contributed by atoms with Gasteiger partial charge in [0.05, 0.1) is 24.6 Å². The molecule has 7 heteroatoms. The maximum atomic E-state index is 11.7. The van der Waals surface area contributed by atoms with Gasteiger partial charge in [-0.3, -0.25) is 4.79 Å². The third-order valence-electron chi connectivity index (χ3n) is 3.25. The number of hydrogen-bond acceptors (Lipinski definition) is 5. The fourth-order valence-electron chi connectivity index (χ4n) is 1.97. The molecule has 2 aromatic rings. The first-order valence-corrected chi connectivity index (χ1v) is 7.17. The van der Waals surface area contributed by atoms with Crippen molar-refractivity contribution in [1.82, 2.24) is 10.3 Å². The smallest absolute Gasteiger partial charge is 0.341 e. The molecule has 0 aliphatic heterocycles. The molecule has 2 rings (SSSR count). The van der Waals surface area contributed by atoms with Crippen LogP contribution < -0.4 is 10.6 Å². The standard InChI is InChI=1S/C16H16ClN3O3/c1-9-4-5-10(15(21)18-2)6-13(9)20-11-7-12(16(22)23-3)14(17)19-8-11/h4-8,20H,1-3H3,(H,18,21). The van der Waals surface area contributed by atoms with Crippen LogP contribution in [0.5, 0.6) is 0 Å². The van der Waals surface area contributed by atoms with Crippen molar-refractivity contribution in [2.45, 2.75) is 6.92 Å². The number of aromatic nitrogens is 1. The molecular formula is C16H16ClN3O3. The highest BCUT2D eigenvalue weighted by atomic mass is 35.5. The summed E-state index contributed by atoms with van der Waals surface area (Å²) in [6.07, 6.45) is 1.50. The minimum Gasteiger partial charge on any atom is -0.465 e. The average Bonchev–Trinajstić information content (AvgIpc) is 2.57. The van der Waals surface area contributed by atoms with Gasteiger partial charge in [-0.2, -0.15) is 0 Å². The number of methoxy groups -OCH3 is 1. The SMILES string of the molecule is CNC(=O)c1ccc(C)c(Nc2cnc(Cl)c(C(=O)OC)c2)c1. The van der Waals surface area contributed by atoms with E-state index in [-0.39, 0.29) is 16.6 Å². The summed E-state index contributed by atoms with van der Waals surface area (Å²) in [4.78, 5) is 27.4. The van der Waals surface area contributed by atoms with E-state index in [1.54, 1.807) is 25.2 Å². The molecule has 0 fully saturated rings. The summed E-state index contributed by atoms with van der Waals surface area (Å²) < 4.78 is 4.67. The molecule has 0 aliphatic carbocycles. The number of halogens is 1. The van der Waals surface area contributed by atoms with Crippen LogP contribution in [0.1, 0.15) is 26.3 Å². The molecular weight excluding hydrogens is 318 g/mol. The number of aryl methyl sites for hydroxylation is 1. The normalized spacial score (nSPS) is 10.1. The van der Waals surface area contributed by atoms with Crippen LogP contribution in [0.15, 0.2) is 30.5 Å². The zero-order chi connectivity index (χ0) is 17.0. The Bertz CT molecular complexity index is 762. The van der Waals surface area contributed by atoms with E-state index in [2.05, 4.69) is 20.4 Å². The third kappa shape index (κ3) is 3.78. The average molecular weight is 334 g/mol. The van der Waals surface area contributed by atoms with Gasteiger partial charge >= 0.3 is 5.97 Å². The summed E-state index contributed by atoms with van der Waals surface area (Å²) in [7, 11) is 2.84. The Balaban J connectivity index is 2.35. The van der Waals surface area contributed by atoms with Crippen molar-refractivity contribution in [2.75, 3.05) is 19.5 Å². The summed E-state index contributed by atoms with van der Waals surface area (Å²) in [5, 5.41) is 5.77. The van der Waals surface area contributed by atoms with Crippen LogP contribution in [-0.4, -0.2) is 31.0 Å². The molecule has 23 heavy (non-hydrogen) atoms. The number of nitrogens with zero attached hydrogens (tertiary/aromatic N) is 1. The first kappa shape index (κ1) is 16.8. The summed E-state index contributed by atoms with van der Waals surface area (Å²) >= 11 is 5.90. The molecule has 1 heterocycles. The Kier molecular flexibility index (Phi) is 5.18. The Morgan fingerprint density at radius 1 is 1.26 bits per heavy atom. The van der Waals surface area contributed by atoms with Crippen LogP contribution >= 0.6 is 11.6 Å². The topological polar surface area (TPSA) is 80.3 Å². The number of amides is 1. The molecule has 1 amide bonds. The lowest BCUT2D eigenvalue weighted by Gasteiger charge is -2.12. The summed E-state index contributed by atoms with van der Waals surface area (Å²) in [5.41, 5.74) is 2.92. The molecule has 1 aromatic carbocycles. The lowest BCUT2D eigenvalue weighted by atomic mass is 10.1. The summed E-state index contributed by atoms with van der Waals surface area (Å²) in [6.45, 7) is 1.90. The van der Waals surface area contributed by atoms with Gasteiger partial charge in [0.25, 0.3) is 5.91 Å². The van der Waals surface area contributed by atoms with Gasteiger partial charge in [0.1, 0.15) is 5.15 Å². The molecule has 0 saturated heterocycles. The third-order valence-corrected chi connectivity index (χ3v) is 3.55. The van der Waals surface area contributed by atoms with Crippen molar-refractivity contribution in [3.05, 3.63) is 52.3 Å². The summed E-state index contributed by atoms with van der Waals surface area (Å²) in [6, 6.07) is 6.84. The van der Waals surface area contributed by atoms with Crippen LogP contribution in [-0.2, 0) is 4.74 Å². The van der Waals surface area contributed by atoms with E-state index in [0.29, 0.717) is 11.3 Å². The van der Waals surface area contributed by atoms with E-state index in [1.807, 2.05) is 13.0 Å². The highest BCUT2D eigenvalue weighted by molar-refractivity contribution is 6.32. The second-order valence-corrected chi connectivity index (χ2v) is 5.15. The Labute approximate surface area is 138 Å². The fourth-order valence-corrected chi connectivity index (χ4v) is 2.15. The molecule has 1 aromatic heterocycles. The number of pyridine rings is 1. The molecule has 6 nitrogen and oxygen atoms in total. The lowest BCUT2D eigenvalue weighted by Crippen LogP contribution is -2.17. The largest absolute Gasteiger partial charge is 0.465 e. The van der Waals surface area contributed by atoms with Crippen LogP contribution in [0.3, 0.4) is 0 Å². The van der Waals surface area contributed by atoms with Crippen molar-refractivity contribution >= 4 is 34.9 Å². The van der Waals surface area contributed by atoms with Crippen molar-refractivity contribution in [3.8, 4) is 0 Å². The van der Waals surface area contributed by atoms with Crippen molar-refractivity contribution in [2.24, 2.45) is 0 Å². The first-order chi connectivity index (χ1) is 11.0. The van der Waals surface area contributed by atoms with Gasteiger partial charge in [-0.1, -0.05) is 17.7 Å². The molecule has 120 valence electrons. The minimum absolute atomic E-state index is 0.0678. The summed E-state index contributed by atoms with van der Waals surface area (Å²) in [5.74, 6) is -0.750. The van der Waals surface area contributed by atoms with E-state index >= 15 is 0 Å². The number of anilines is 2. The quantitative estimate of drug-likeness (QED) is 0.664. The first-order valence-electron chi connectivity index (χ1n) is 6.80. The lowest BCUT2D eigenvalue weighted by molar-refractivity contribution is 0.0600. The maximum Gasteiger partial charge on any atom is 0.341 e. The number of esters is 1. The highest BCUT2D eigenvalue weighted by Crippen LogP contribution is 2.24. The monoisotopic (exact) mass is 333 g/mol. The Morgan fingerprint density at radius 3 is 2.65 bits per heavy atom. The highest BCUT2D eigenvalue weighted by Gasteiger charge is 2.13. The number of nitrogens with one attached hydrogen (secondary N) is 2. The Hall–Kier alpha value is -2.60. The van der Waals surface area contributed by atoms with Gasteiger partial charge in [-0.05, 0) is 30.7 Å². The molecule has 0 saturated carbocycles. The van der Waals surface area contributed by atoms with Gasteiger partial charge < -0.3 is 15.4 Å². The zero-order valence-corrected chi connectivity index (χ0v) is 13.7. The van der Waals surface area contributed by atoms with Crippen molar-refractivity contribution < 1.29 is 14.3 Å². The number of hydrogen-bond donors (Lipinski definition) is 2. The van der Waals surface area contributed by atoms with E-state index in [4.69, 9.17) is 11.6 Å². The predicted octanol–water partition coefficient (Wildman–Crippen LogP) is 2.93. The van der Waals surface area contributed by atoms with Gasteiger partial charge in [-0.15, -0.1) is 0 Å². The van der Waals surface area contributed by atoms with Crippen LogP contribution in [0, 0.1) is 6.92 Å². The number of ether oxygens (including phenoxy) is 1. The maximum absolute atomic E-state index is 11.7. The number of carbonyl (C=O) groups is 2. The van der Waals surface area contributed by atoms with Gasteiger partial charge in [0, 0.05) is 18.3 Å². The van der Waals surface area contributed by atoms with E-state index in [0.717, 1.165) is 11.3 Å². The number of rotatable bonds is 4. The molecule has 0 bridgehead atoms. The fraction of sp³-hybridized carbons (Fsp3) is 0.188. The van der Waals surface area contributed by atoms with Gasteiger partial charge in [-0.25, -0.2) is 9.78 Å². The zero-order valence-electron chi connectivity index (χ0n) is 12.9. The second-order valence-electron chi connectivity index (χ2n) is 4.79. The van der Waals surface area contributed by atoms with E-state index in [1.165, 1.54) is 13.3 Å². The van der Waals surface area contributed by atoms with Crippen LogP contribution in [0.4, 0.5) is 11.4 Å². The van der Waals surface area contributed by atoms with E-state index < -0.39 is 5.97 Å². The van der Waals surface area contributed by atoms with Gasteiger partial charge in [0.2, 0.25) is 0 Å². The van der Waals surface area contributed by atoms with Crippen LogP contribution in [0.25, 0.3) is 0 Å². The predicted molar refractivity (Wildman–Crippen MR) is 88.4 cm³/mol. The number of carbonyl (C=O) groups excluding carboxylic acids is 2. The van der Waals surface area contributed by atoms with Crippen molar-refractivity contribution in [1.29, 1.82) is 0 Å². The van der Waals surface area contributed by atoms with Crippen LogP contribution in [0.2, 0.25) is 5.15 Å². The molecule has 2 N–H and O–H groups in total. The molecule has 0 atom stereocenters. The van der Waals surface area contributed by atoms with Gasteiger partial charge in [0.15, 0.2) is 0 Å².